The Hall–Kier alpha value is -2.59. The van der Waals surface area contributed by atoms with Crippen LogP contribution in [0.15, 0.2) is 54.6 Å². The van der Waals surface area contributed by atoms with E-state index >= 15 is 0 Å². The number of carbonyl (C=O) groups excluding carboxylic acids is 1. The highest BCUT2D eigenvalue weighted by Gasteiger charge is 2.29. The molecule has 1 saturated carbocycles. The number of aromatic nitrogens is 1. The van der Waals surface area contributed by atoms with E-state index in [9.17, 15) is 4.79 Å². The summed E-state index contributed by atoms with van der Waals surface area (Å²) in [6, 6.07) is 19.1. The third-order valence-corrected chi connectivity index (χ3v) is 6.55. The van der Waals surface area contributed by atoms with E-state index in [0.29, 0.717) is 5.69 Å². The molecule has 0 radical (unpaired) electrons. The Bertz CT molecular complexity index is 995. The molecule has 0 aliphatic heterocycles. The third-order valence-electron chi connectivity index (χ3n) is 6.55. The first kappa shape index (κ1) is 19.7. The summed E-state index contributed by atoms with van der Waals surface area (Å²) in [5.41, 5.74) is 3.90. The molecule has 1 amide bonds. The van der Waals surface area contributed by atoms with Crippen LogP contribution in [0, 0.1) is 0 Å². The normalized spacial score (nSPS) is 15.6. The molecule has 3 aromatic rings. The van der Waals surface area contributed by atoms with Crippen molar-refractivity contribution < 1.29 is 9.28 Å². The van der Waals surface area contributed by atoms with Crippen molar-refractivity contribution in [1.29, 1.82) is 0 Å². The summed E-state index contributed by atoms with van der Waals surface area (Å²) in [5.74, 6) is -0.0743. The predicted molar refractivity (Wildman–Crippen MR) is 120 cm³/mol. The second kappa shape index (κ2) is 8.03. The second-order valence-electron chi connectivity index (χ2n) is 9.03. The van der Waals surface area contributed by atoms with Gasteiger partial charge in [0.2, 0.25) is 0 Å². The largest absolute Gasteiger partial charge is 0.340 e. The topological polar surface area (TPSA) is 34.0 Å². The molecular formula is C25H32N3O+. The Morgan fingerprint density at radius 3 is 2.41 bits per heavy atom. The van der Waals surface area contributed by atoms with Crippen molar-refractivity contribution in [1.82, 2.24) is 4.57 Å². The van der Waals surface area contributed by atoms with Gasteiger partial charge < -0.3 is 14.4 Å². The van der Waals surface area contributed by atoms with Crippen molar-refractivity contribution in [3.63, 3.8) is 0 Å². The summed E-state index contributed by atoms with van der Waals surface area (Å²) in [4.78, 5) is 12.8. The van der Waals surface area contributed by atoms with Crippen LogP contribution in [0.2, 0.25) is 0 Å². The highest BCUT2D eigenvalue weighted by atomic mass is 16.1. The number of nitrogens with one attached hydrogen (secondary N) is 1. The molecule has 0 atom stereocenters. The van der Waals surface area contributed by atoms with Gasteiger partial charge in [0.15, 0.2) is 0 Å². The van der Waals surface area contributed by atoms with Gasteiger partial charge in [-0.15, -0.1) is 0 Å². The average Bonchev–Trinajstić information content (AvgIpc) is 3.07. The zero-order chi connectivity index (χ0) is 20.4. The summed E-state index contributed by atoms with van der Waals surface area (Å²) in [6.07, 6.45) is 6.80. The molecule has 2 aromatic carbocycles. The molecule has 1 heterocycles. The van der Waals surface area contributed by atoms with Crippen LogP contribution in [0.25, 0.3) is 10.9 Å². The molecule has 4 nitrogen and oxygen atoms in total. The lowest BCUT2D eigenvalue weighted by Crippen LogP contribution is -2.48. The Balaban J connectivity index is 1.43. The van der Waals surface area contributed by atoms with Gasteiger partial charge >= 0.3 is 0 Å². The molecule has 0 unspecified atom stereocenters. The molecule has 152 valence electrons. The van der Waals surface area contributed by atoms with Crippen LogP contribution in [0.5, 0.6) is 0 Å². The Morgan fingerprint density at radius 1 is 1.03 bits per heavy atom. The van der Waals surface area contributed by atoms with E-state index in [-0.39, 0.29) is 5.91 Å². The SMILES string of the molecule is Cn1c(C(=O)Nc2ccc(C[N+](C)(C)C3CCCCC3)cc2)cc2ccccc21. The summed E-state index contributed by atoms with van der Waals surface area (Å²) in [7, 11) is 6.64. The van der Waals surface area contributed by atoms with Crippen LogP contribution in [-0.4, -0.2) is 35.1 Å². The quantitative estimate of drug-likeness (QED) is 0.586. The summed E-state index contributed by atoms with van der Waals surface area (Å²) in [5, 5.41) is 4.13. The van der Waals surface area contributed by atoms with Crippen LogP contribution >= 0.6 is 0 Å². The standard InChI is InChI=1S/C25H31N3O/c1-27-23-12-8-7-9-20(23)17-24(27)25(29)26-21-15-13-19(14-16-21)18-28(2,3)22-10-5-4-6-11-22/h7-9,12-17,22H,4-6,10-11,18H2,1-3H3/p+1. The zero-order valence-corrected chi connectivity index (χ0v) is 17.8. The number of rotatable bonds is 5. The zero-order valence-electron chi connectivity index (χ0n) is 17.8. The van der Waals surface area contributed by atoms with Gasteiger partial charge in [0.05, 0.1) is 20.1 Å². The van der Waals surface area contributed by atoms with Gasteiger partial charge in [0.1, 0.15) is 12.2 Å². The van der Waals surface area contributed by atoms with Crippen molar-refractivity contribution in [2.24, 2.45) is 7.05 Å². The van der Waals surface area contributed by atoms with Crippen molar-refractivity contribution in [3.05, 3.63) is 65.9 Å². The summed E-state index contributed by atoms with van der Waals surface area (Å²) >= 11 is 0. The van der Waals surface area contributed by atoms with Crippen molar-refractivity contribution in [2.75, 3.05) is 19.4 Å². The molecule has 4 heteroatoms. The molecule has 1 aliphatic rings. The number of fused-ring (bicyclic) bond motifs is 1. The highest BCUT2D eigenvalue weighted by molar-refractivity contribution is 6.06. The number of carbonyl (C=O) groups is 1. The van der Waals surface area contributed by atoms with E-state index in [1.54, 1.807) is 0 Å². The predicted octanol–water partition coefficient (Wildman–Crippen LogP) is 5.34. The van der Waals surface area contributed by atoms with E-state index in [1.807, 2.05) is 54.1 Å². The first-order valence-corrected chi connectivity index (χ1v) is 10.7. The Morgan fingerprint density at radius 2 is 1.72 bits per heavy atom. The van der Waals surface area contributed by atoms with Gasteiger partial charge in [-0.3, -0.25) is 4.79 Å². The molecule has 1 aliphatic carbocycles. The van der Waals surface area contributed by atoms with Gasteiger partial charge in [-0.25, -0.2) is 0 Å². The summed E-state index contributed by atoms with van der Waals surface area (Å²) in [6.45, 7) is 1.03. The first-order chi connectivity index (χ1) is 13.9. The van der Waals surface area contributed by atoms with Gasteiger partial charge in [0, 0.05) is 29.2 Å². The second-order valence-corrected chi connectivity index (χ2v) is 9.03. The number of benzene rings is 2. The van der Waals surface area contributed by atoms with E-state index in [1.165, 1.54) is 37.7 Å². The minimum atomic E-state index is -0.0743. The van der Waals surface area contributed by atoms with E-state index in [2.05, 4.69) is 31.5 Å². The monoisotopic (exact) mass is 390 g/mol. The molecule has 4 rings (SSSR count). The van der Waals surface area contributed by atoms with E-state index in [0.717, 1.165) is 33.7 Å². The maximum absolute atomic E-state index is 12.8. The van der Waals surface area contributed by atoms with Gasteiger partial charge in [-0.1, -0.05) is 36.8 Å². The van der Waals surface area contributed by atoms with E-state index in [4.69, 9.17) is 0 Å². The molecule has 1 aromatic heterocycles. The number of anilines is 1. The molecule has 0 bridgehead atoms. The molecule has 29 heavy (non-hydrogen) atoms. The fourth-order valence-corrected chi connectivity index (χ4v) is 4.78. The maximum atomic E-state index is 12.8. The van der Waals surface area contributed by atoms with Crippen LogP contribution in [0.1, 0.15) is 48.2 Å². The number of hydrogen-bond acceptors (Lipinski definition) is 1. The lowest BCUT2D eigenvalue weighted by Gasteiger charge is -2.40. The third kappa shape index (κ3) is 4.23. The molecular weight excluding hydrogens is 358 g/mol. The fraction of sp³-hybridized carbons (Fsp3) is 0.400. The average molecular weight is 391 g/mol. The molecule has 1 fully saturated rings. The lowest BCUT2D eigenvalue weighted by molar-refractivity contribution is -0.929. The Labute approximate surface area is 173 Å². The molecule has 0 saturated heterocycles. The smallest absolute Gasteiger partial charge is 0.272 e. The number of aryl methyl sites for hydroxylation is 1. The van der Waals surface area contributed by atoms with Crippen LogP contribution < -0.4 is 5.32 Å². The van der Waals surface area contributed by atoms with Gasteiger partial charge in [-0.2, -0.15) is 0 Å². The van der Waals surface area contributed by atoms with Crippen molar-refractivity contribution in [3.8, 4) is 0 Å². The molecule has 1 N–H and O–H groups in total. The van der Waals surface area contributed by atoms with Crippen LogP contribution in [0.4, 0.5) is 5.69 Å². The number of nitrogens with zero attached hydrogens (tertiary/aromatic N) is 2. The molecule has 0 spiro atoms. The van der Waals surface area contributed by atoms with Gasteiger partial charge in [0.25, 0.3) is 5.91 Å². The number of amides is 1. The van der Waals surface area contributed by atoms with Crippen molar-refractivity contribution in [2.45, 2.75) is 44.7 Å². The Kier molecular flexibility index (Phi) is 5.46. The number of para-hydroxylation sites is 1. The summed E-state index contributed by atoms with van der Waals surface area (Å²) < 4.78 is 2.99. The first-order valence-electron chi connectivity index (χ1n) is 10.7. The van der Waals surface area contributed by atoms with Crippen LogP contribution in [0.3, 0.4) is 0 Å². The minimum absolute atomic E-state index is 0.0743. The highest BCUT2D eigenvalue weighted by Crippen LogP contribution is 2.28. The van der Waals surface area contributed by atoms with Crippen molar-refractivity contribution >= 4 is 22.5 Å². The van der Waals surface area contributed by atoms with Crippen LogP contribution in [-0.2, 0) is 13.6 Å². The van der Waals surface area contributed by atoms with E-state index < -0.39 is 0 Å². The number of hydrogen-bond donors (Lipinski definition) is 1. The fourth-order valence-electron chi connectivity index (χ4n) is 4.78. The minimum Gasteiger partial charge on any atom is -0.340 e. The number of quaternary nitrogens is 1. The maximum Gasteiger partial charge on any atom is 0.272 e. The lowest BCUT2D eigenvalue weighted by atomic mass is 9.92. The van der Waals surface area contributed by atoms with Gasteiger partial charge in [-0.05, 0) is 49.9 Å².